The van der Waals surface area contributed by atoms with E-state index in [9.17, 15) is 4.79 Å². The Morgan fingerprint density at radius 2 is 2.06 bits per heavy atom. The SMILES string of the molecule is Cc1ccc(NC(=O)C2(C)CC2(Cl)Cl)c(Br)c1. The predicted octanol–water partition coefficient (Wildman–Crippen LogP) is 4.28. The third-order valence-corrected chi connectivity index (χ3v) is 4.89. The van der Waals surface area contributed by atoms with Crippen molar-refractivity contribution < 1.29 is 4.79 Å². The second-order valence-corrected chi connectivity index (χ2v) is 6.99. The smallest absolute Gasteiger partial charge is 0.233 e. The number of carbonyl (C=O) groups excluding carboxylic acids is 1. The molecule has 1 aliphatic rings. The van der Waals surface area contributed by atoms with Crippen molar-refractivity contribution in [3.63, 3.8) is 0 Å². The quantitative estimate of drug-likeness (QED) is 0.802. The van der Waals surface area contributed by atoms with Crippen LogP contribution in [0.3, 0.4) is 0 Å². The van der Waals surface area contributed by atoms with E-state index in [4.69, 9.17) is 23.2 Å². The molecular weight excluding hydrogens is 325 g/mol. The van der Waals surface area contributed by atoms with Gasteiger partial charge in [0.05, 0.1) is 11.1 Å². The van der Waals surface area contributed by atoms with E-state index < -0.39 is 9.75 Å². The Morgan fingerprint density at radius 3 is 2.53 bits per heavy atom. The first-order valence-corrected chi connectivity index (χ1v) is 6.77. The zero-order chi connectivity index (χ0) is 12.8. The van der Waals surface area contributed by atoms with Gasteiger partial charge in [-0.2, -0.15) is 0 Å². The minimum absolute atomic E-state index is 0.146. The summed E-state index contributed by atoms with van der Waals surface area (Å²) in [5.41, 5.74) is 1.16. The molecule has 0 bridgehead atoms. The summed E-state index contributed by atoms with van der Waals surface area (Å²) in [6, 6.07) is 5.73. The first kappa shape index (κ1) is 13.2. The molecule has 2 rings (SSSR count). The van der Waals surface area contributed by atoms with Gasteiger partial charge in [-0.15, -0.1) is 23.2 Å². The number of hydrogen-bond acceptors (Lipinski definition) is 1. The number of amides is 1. The van der Waals surface area contributed by atoms with Gasteiger partial charge in [-0.1, -0.05) is 6.07 Å². The van der Waals surface area contributed by atoms with Crippen molar-refractivity contribution in [1.82, 2.24) is 0 Å². The number of carbonyl (C=O) groups is 1. The van der Waals surface area contributed by atoms with Gasteiger partial charge in [-0.25, -0.2) is 0 Å². The zero-order valence-corrected chi connectivity index (χ0v) is 12.6. The van der Waals surface area contributed by atoms with Crippen LogP contribution in [0.2, 0.25) is 0 Å². The molecule has 1 unspecified atom stereocenters. The number of rotatable bonds is 2. The molecule has 1 aromatic rings. The maximum atomic E-state index is 12.0. The highest BCUT2D eigenvalue weighted by molar-refractivity contribution is 9.10. The highest BCUT2D eigenvalue weighted by Gasteiger charge is 2.67. The third-order valence-electron chi connectivity index (χ3n) is 3.13. The van der Waals surface area contributed by atoms with Gasteiger partial charge in [0.15, 0.2) is 0 Å². The van der Waals surface area contributed by atoms with E-state index in [1.807, 2.05) is 25.1 Å². The second kappa shape index (κ2) is 4.15. The Labute approximate surface area is 119 Å². The van der Waals surface area contributed by atoms with Gasteiger partial charge >= 0.3 is 0 Å². The van der Waals surface area contributed by atoms with E-state index in [1.165, 1.54) is 0 Å². The average Bonchev–Trinajstić information content (AvgIpc) is 2.72. The van der Waals surface area contributed by atoms with Crippen molar-refractivity contribution in [1.29, 1.82) is 0 Å². The number of halogens is 3. The standard InChI is InChI=1S/C12H12BrCl2NO/c1-7-3-4-9(8(13)5-7)16-10(17)11(2)6-12(11,14)15/h3-5H,6H2,1-2H3,(H,16,17). The van der Waals surface area contributed by atoms with Crippen molar-refractivity contribution >= 4 is 50.7 Å². The zero-order valence-electron chi connectivity index (χ0n) is 9.48. The molecule has 0 aromatic heterocycles. The average molecular weight is 337 g/mol. The van der Waals surface area contributed by atoms with Gasteiger partial charge in [-0.3, -0.25) is 4.79 Å². The van der Waals surface area contributed by atoms with E-state index in [0.717, 1.165) is 15.7 Å². The van der Waals surface area contributed by atoms with Crippen LogP contribution in [-0.2, 0) is 4.79 Å². The molecule has 1 aliphatic carbocycles. The van der Waals surface area contributed by atoms with E-state index in [1.54, 1.807) is 6.92 Å². The first-order valence-electron chi connectivity index (χ1n) is 5.22. The summed E-state index contributed by atoms with van der Waals surface area (Å²) < 4.78 is -0.0845. The molecule has 0 aliphatic heterocycles. The third kappa shape index (κ3) is 2.33. The van der Waals surface area contributed by atoms with Gasteiger partial charge in [0.25, 0.3) is 0 Å². The number of hydrogen-bond donors (Lipinski definition) is 1. The molecule has 1 amide bonds. The molecular formula is C12H12BrCl2NO. The lowest BCUT2D eigenvalue weighted by Crippen LogP contribution is -2.26. The summed E-state index contributed by atoms with van der Waals surface area (Å²) in [5, 5.41) is 2.84. The highest BCUT2D eigenvalue weighted by atomic mass is 79.9. The van der Waals surface area contributed by atoms with Crippen LogP contribution in [0.4, 0.5) is 5.69 Å². The van der Waals surface area contributed by atoms with E-state index >= 15 is 0 Å². The second-order valence-electron chi connectivity index (χ2n) is 4.65. The summed E-state index contributed by atoms with van der Waals surface area (Å²) >= 11 is 15.3. The van der Waals surface area contributed by atoms with Gasteiger partial charge < -0.3 is 5.32 Å². The number of benzene rings is 1. The van der Waals surface area contributed by atoms with Crippen molar-refractivity contribution in [2.75, 3.05) is 5.32 Å². The van der Waals surface area contributed by atoms with E-state index in [-0.39, 0.29) is 5.91 Å². The fourth-order valence-electron chi connectivity index (χ4n) is 1.63. The Balaban J connectivity index is 2.15. The summed E-state index contributed by atoms with van der Waals surface area (Å²) in [6.07, 6.45) is 0.485. The fraction of sp³-hybridized carbons (Fsp3) is 0.417. The molecule has 0 heterocycles. The van der Waals surface area contributed by atoms with Gasteiger partial charge in [0.2, 0.25) is 5.91 Å². The van der Waals surface area contributed by atoms with Gasteiger partial charge in [0.1, 0.15) is 4.33 Å². The Kier molecular flexibility index (Phi) is 3.22. The van der Waals surface area contributed by atoms with Crippen LogP contribution in [0.25, 0.3) is 0 Å². The topological polar surface area (TPSA) is 29.1 Å². The summed E-state index contributed by atoms with van der Waals surface area (Å²) in [4.78, 5) is 12.0. The van der Waals surface area contributed by atoms with Crippen molar-refractivity contribution in [2.45, 2.75) is 24.6 Å². The van der Waals surface area contributed by atoms with Crippen LogP contribution in [0.15, 0.2) is 22.7 Å². The van der Waals surface area contributed by atoms with Crippen LogP contribution in [0.5, 0.6) is 0 Å². The van der Waals surface area contributed by atoms with Crippen LogP contribution in [0, 0.1) is 12.3 Å². The molecule has 1 saturated carbocycles. The highest BCUT2D eigenvalue weighted by Crippen LogP contribution is 2.64. The molecule has 0 spiro atoms. The predicted molar refractivity (Wildman–Crippen MR) is 74.7 cm³/mol. The summed E-state index contributed by atoms with van der Waals surface area (Å²) in [6.45, 7) is 3.76. The molecule has 5 heteroatoms. The van der Waals surface area contributed by atoms with Crippen LogP contribution in [0.1, 0.15) is 18.9 Å². The molecule has 17 heavy (non-hydrogen) atoms. The molecule has 92 valence electrons. The molecule has 2 nitrogen and oxygen atoms in total. The van der Waals surface area contributed by atoms with Crippen molar-refractivity contribution in [3.8, 4) is 0 Å². The minimum Gasteiger partial charge on any atom is -0.324 e. The maximum Gasteiger partial charge on any atom is 0.233 e. The number of aryl methyl sites for hydroxylation is 1. The molecule has 1 fully saturated rings. The van der Waals surface area contributed by atoms with Crippen molar-refractivity contribution in [3.05, 3.63) is 28.2 Å². The Bertz CT molecular complexity index is 489. The largest absolute Gasteiger partial charge is 0.324 e. The fourth-order valence-corrected chi connectivity index (χ4v) is 2.93. The normalized spacial score (nSPS) is 25.5. The molecule has 0 saturated heterocycles. The molecule has 1 aromatic carbocycles. The maximum absolute atomic E-state index is 12.0. The van der Waals surface area contributed by atoms with Crippen LogP contribution >= 0.6 is 39.1 Å². The monoisotopic (exact) mass is 335 g/mol. The minimum atomic E-state index is -0.936. The van der Waals surface area contributed by atoms with Crippen LogP contribution in [-0.4, -0.2) is 10.2 Å². The Morgan fingerprint density at radius 1 is 1.47 bits per heavy atom. The first-order chi connectivity index (χ1) is 7.76. The van der Waals surface area contributed by atoms with Crippen LogP contribution < -0.4 is 5.32 Å². The summed E-state index contributed by atoms with van der Waals surface area (Å²) in [7, 11) is 0. The Hall–Kier alpha value is -0.250. The molecule has 1 atom stereocenters. The van der Waals surface area contributed by atoms with E-state index in [2.05, 4.69) is 21.2 Å². The van der Waals surface area contributed by atoms with Gasteiger partial charge in [-0.05, 0) is 53.9 Å². The number of anilines is 1. The lowest BCUT2D eigenvalue weighted by Gasteiger charge is -2.14. The van der Waals surface area contributed by atoms with Crippen molar-refractivity contribution in [2.24, 2.45) is 5.41 Å². The number of nitrogens with one attached hydrogen (secondary N) is 1. The number of alkyl halides is 2. The molecule has 1 N–H and O–H groups in total. The van der Waals surface area contributed by atoms with Gasteiger partial charge in [0, 0.05) is 4.47 Å². The summed E-state index contributed by atoms with van der Waals surface area (Å²) in [5.74, 6) is -0.146. The lowest BCUT2D eigenvalue weighted by atomic mass is 10.1. The lowest BCUT2D eigenvalue weighted by molar-refractivity contribution is -0.120. The molecule has 0 radical (unpaired) electrons. The van der Waals surface area contributed by atoms with E-state index in [0.29, 0.717) is 6.42 Å².